The molecule has 1 aliphatic rings. The lowest BCUT2D eigenvalue weighted by atomic mass is 10.1. The van der Waals surface area contributed by atoms with E-state index in [1.165, 1.54) is 6.08 Å². The van der Waals surface area contributed by atoms with Gasteiger partial charge in [0.1, 0.15) is 18.8 Å². The van der Waals surface area contributed by atoms with Gasteiger partial charge in [0.15, 0.2) is 11.5 Å². The van der Waals surface area contributed by atoms with Crippen molar-refractivity contribution in [1.82, 2.24) is 10.2 Å². The number of ether oxygens (including phenoxy) is 2. The van der Waals surface area contributed by atoms with Crippen molar-refractivity contribution in [2.24, 2.45) is 0 Å². The van der Waals surface area contributed by atoms with Gasteiger partial charge in [-0.05, 0) is 55.3 Å². The van der Waals surface area contributed by atoms with Gasteiger partial charge in [0.05, 0.1) is 6.61 Å². The number of carbonyl (C=O) groups is 3. The molecule has 172 valence electrons. The summed E-state index contributed by atoms with van der Waals surface area (Å²) in [5.41, 5.74) is 2.21. The molecule has 8 nitrogen and oxygen atoms in total. The summed E-state index contributed by atoms with van der Waals surface area (Å²) in [6.07, 6.45) is 3.14. The van der Waals surface area contributed by atoms with Gasteiger partial charge in [-0.25, -0.2) is 9.69 Å². The second-order valence-electron chi connectivity index (χ2n) is 7.15. The molecular formula is C24H24BrN3O5. The summed E-state index contributed by atoms with van der Waals surface area (Å²) < 4.78 is 11.9. The number of nitrogens with zero attached hydrogens (tertiary/aromatic N) is 1. The van der Waals surface area contributed by atoms with Crippen LogP contribution >= 0.6 is 15.9 Å². The first-order valence-corrected chi connectivity index (χ1v) is 11.0. The monoisotopic (exact) mass is 513 g/mol. The van der Waals surface area contributed by atoms with Crippen molar-refractivity contribution in [2.45, 2.75) is 13.8 Å². The predicted octanol–water partition coefficient (Wildman–Crippen LogP) is 4.25. The van der Waals surface area contributed by atoms with E-state index in [0.29, 0.717) is 40.4 Å². The Morgan fingerprint density at radius 3 is 2.67 bits per heavy atom. The molecule has 0 spiro atoms. The minimum absolute atomic E-state index is 0.0475. The van der Waals surface area contributed by atoms with Gasteiger partial charge < -0.3 is 20.1 Å². The maximum Gasteiger partial charge on any atom is 0.329 e. The molecule has 1 aliphatic heterocycles. The van der Waals surface area contributed by atoms with E-state index >= 15 is 0 Å². The normalized spacial score (nSPS) is 14.3. The number of anilines is 1. The van der Waals surface area contributed by atoms with Crippen molar-refractivity contribution < 1.29 is 23.9 Å². The Labute approximate surface area is 200 Å². The lowest BCUT2D eigenvalue weighted by molar-refractivity contribution is -0.127. The van der Waals surface area contributed by atoms with E-state index in [-0.39, 0.29) is 5.70 Å². The number of urea groups is 1. The largest absolute Gasteiger partial charge is 0.490 e. The SMILES string of the molecule is C=CCOc1cc(Br)c(/C=C2/NC(=O)N(CC(=O)Nc3cccc(C)c3)C2=O)cc1OCC. The van der Waals surface area contributed by atoms with Crippen molar-refractivity contribution in [1.29, 1.82) is 0 Å². The third-order valence-corrected chi connectivity index (χ3v) is 5.27. The second kappa shape index (κ2) is 10.8. The molecule has 0 bridgehead atoms. The molecule has 2 aromatic carbocycles. The van der Waals surface area contributed by atoms with Gasteiger partial charge in [-0.15, -0.1) is 0 Å². The molecule has 0 unspecified atom stereocenters. The molecule has 1 fully saturated rings. The van der Waals surface area contributed by atoms with Gasteiger partial charge in [0.2, 0.25) is 5.91 Å². The molecule has 1 heterocycles. The second-order valence-corrected chi connectivity index (χ2v) is 8.00. The highest BCUT2D eigenvalue weighted by Gasteiger charge is 2.35. The third kappa shape index (κ3) is 6.01. The standard InChI is InChI=1S/C24H24BrN3O5/c1-4-9-33-21-13-18(25)16(12-20(21)32-5-2)11-19-23(30)28(24(31)27-19)14-22(29)26-17-8-6-7-15(3)10-17/h4,6-8,10-13H,1,5,9,14H2,2-3H3,(H,26,29)(H,27,31)/b19-11+. The Hall–Kier alpha value is -3.59. The minimum Gasteiger partial charge on any atom is -0.490 e. The van der Waals surface area contributed by atoms with E-state index in [1.54, 1.807) is 30.3 Å². The highest BCUT2D eigenvalue weighted by atomic mass is 79.9. The van der Waals surface area contributed by atoms with Gasteiger partial charge in [0, 0.05) is 10.2 Å². The Morgan fingerprint density at radius 2 is 1.97 bits per heavy atom. The number of nitrogens with one attached hydrogen (secondary N) is 2. The van der Waals surface area contributed by atoms with Gasteiger partial charge in [-0.2, -0.15) is 0 Å². The quantitative estimate of drug-likeness (QED) is 0.296. The topological polar surface area (TPSA) is 97.0 Å². The highest BCUT2D eigenvalue weighted by Crippen LogP contribution is 2.35. The van der Waals surface area contributed by atoms with Crippen molar-refractivity contribution in [3.63, 3.8) is 0 Å². The van der Waals surface area contributed by atoms with Crippen LogP contribution in [-0.4, -0.2) is 42.5 Å². The summed E-state index contributed by atoms with van der Waals surface area (Å²) in [5, 5.41) is 5.21. The average Bonchev–Trinajstić information content (AvgIpc) is 3.02. The summed E-state index contributed by atoms with van der Waals surface area (Å²) in [6.45, 7) is 7.70. The molecule has 0 atom stereocenters. The van der Waals surface area contributed by atoms with Crippen LogP contribution in [-0.2, 0) is 9.59 Å². The number of imide groups is 1. The molecule has 33 heavy (non-hydrogen) atoms. The number of hydrogen-bond donors (Lipinski definition) is 2. The zero-order chi connectivity index (χ0) is 24.0. The van der Waals surface area contributed by atoms with E-state index in [2.05, 4.69) is 33.1 Å². The zero-order valence-electron chi connectivity index (χ0n) is 18.3. The first kappa shape index (κ1) is 24.1. The molecule has 0 saturated carbocycles. The molecular weight excluding hydrogens is 490 g/mol. The van der Waals surface area contributed by atoms with Crippen LogP contribution in [0.4, 0.5) is 10.5 Å². The number of amides is 4. The summed E-state index contributed by atoms with van der Waals surface area (Å²) >= 11 is 3.46. The van der Waals surface area contributed by atoms with E-state index in [9.17, 15) is 14.4 Å². The maximum absolute atomic E-state index is 12.8. The van der Waals surface area contributed by atoms with Crippen LogP contribution in [0.5, 0.6) is 11.5 Å². The molecule has 0 aromatic heterocycles. The highest BCUT2D eigenvalue weighted by molar-refractivity contribution is 9.10. The van der Waals surface area contributed by atoms with E-state index in [1.807, 2.05) is 26.0 Å². The van der Waals surface area contributed by atoms with Crippen molar-refractivity contribution in [2.75, 3.05) is 25.1 Å². The van der Waals surface area contributed by atoms with Gasteiger partial charge in [0.25, 0.3) is 5.91 Å². The Morgan fingerprint density at radius 1 is 1.21 bits per heavy atom. The first-order valence-electron chi connectivity index (χ1n) is 10.2. The Balaban J connectivity index is 1.77. The number of halogens is 1. The molecule has 0 radical (unpaired) electrons. The number of hydrogen-bond acceptors (Lipinski definition) is 5. The van der Waals surface area contributed by atoms with Crippen LogP contribution in [0.3, 0.4) is 0 Å². The van der Waals surface area contributed by atoms with E-state index in [0.717, 1.165) is 10.5 Å². The summed E-state index contributed by atoms with van der Waals surface area (Å²) in [7, 11) is 0. The van der Waals surface area contributed by atoms with Crippen molar-refractivity contribution in [3.05, 3.63) is 70.3 Å². The van der Waals surface area contributed by atoms with E-state index in [4.69, 9.17) is 9.47 Å². The summed E-state index contributed by atoms with van der Waals surface area (Å²) in [5.74, 6) is -0.0762. The molecule has 2 N–H and O–H groups in total. The molecule has 9 heteroatoms. The molecule has 4 amide bonds. The van der Waals surface area contributed by atoms with Crippen LogP contribution in [0.1, 0.15) is 18.1 Å². The number of carbonyl (C=O) groups excluding carboxylic acids is 3. The first-order chi connectivity index (χ1) is 15.8. The van der Waals surface area contributed by atoms with Crippen LogP contribution in [0, 0.1) is 6.92 Å². The predicted molar refractivity (Wildman–Crippen MR) is 129 cm³/mol. The van der Waals surface area contributed by atoms with Crippen LogP contribution in [0.25, 0.3) is 6.08 Å². The molecule has 1 saturated heterocycles. The number of benzene rings is 2. The lowest BCUT2D eigenvalue weighted by Gasteiger charge is -2.13. The van der Waals surface area contributed by atoms with Crippen molar-refractivity contribution >= 4 is 45.5 Å². The Bertz CT molecular complexity index is 1130. The molecule has 2 aromatic rings. The fourth-order valence-corrected chi connectivity index (χ4v) is 3.57. The number of rotatable bonds is 9. The fraction of sp³-hybridized carbons (Fsp3) is 0.208. The van der Waals surface area contributed by atoms with Gasteiger partial charge >= 0.3 is 6.03 Å². The third-order valence-electron chi connectivity index (χ3n) is 4.59. The van der Waals surface area contributed by atoms with E-state index < -0.39 is 24.4 Å². The number of aryl methyl sites for hydroxylation is 1. The maximum atomic E-state index is 12.8. The smallest absolute Gasteiger partial charge is 0.329 e. The minimum atomic E-state index is -0.669. The Kier molecular flexibility index (Phi) is 7.89. The lowest BCUT2D eigenvalue weighted by Crippen LogP contribution is -2.38. The van der Waals surface area contributed by atoms with Crippen LogP contribution < -0.4 is 20.1 Å². The summed E-state index contributed by atoms with van der Waals surface area (Å²) in [6, 6.07) is 9.99. The van der Waals surface area contributed by atoms with Crippen molar-refractivity contribution in [3.8, 4) is 11.5 Å². The average molecular weight is 514 g/mol. The molecule has 3 rings (SSSR count). The van der Waals surface area contributed by atoms with Crippen LogP contribution in [0.15, 0.2) is 59.2 Å². The molecule has 0 aliphatic carbocycles. The van der Waals surface area contributed by atoms with Gasteiger partial charge in [-0.3, -0.25) is 9.59 Å². The zero-order valence-corrected chi connectivity index (χ0v) is 19.9. The fourth-order valence-electron chi connectivity index (χ4n) is 3.13. The van der Waals surface area contributed by atoms with Gasteiger partial charge in [-0.1, -0.05) is 40.7 Å². The van der Waals surface area contributed by atoms with Crippen LogP contribution in [0.2, 0.25) is 0 Å². The summed E-state index contributed by atoms with van der Waals surface area (Å²) in [4.78, 5) is 38.4.